The highest BCUT2D eigenvalue weighted by molar-refractivity contribution is 7.90. The number of anilines is 3. The molecule has 3 heterocycles. The van der Waals surface area contributed by atoms with E-state index >= 15 is 0 Å². The lowest BCUT2D eigenvalue weighted by molar-refractivity contribution is 0.189. The van der Waals surface area contributed by atoms with Crippen LogP contribution in [0.5, 0.6) is 0 Å². The summed E-state index contributed by atoms with van der Waals surface area (Å²) in [6.07, 6.45) is 3.11. The van der Waals surface area contributed by atoms with Crippen LogP contribution in [0.1, 0.15) is 5.56 Å². The van der Waals surface area contributed by atoms with Crippen LogP contribution in [0, 0.1) is 11.3 Å². The minimum Gasteiger partial charge on any atom is -0.395 e. The van der Waals surface area contributed by atoms with E-state index in [1.54, 1.807) is 30.5 Å². The van der Waals surface area contributed by atoms with E-state index in [9.17, 15) is 13.7 Å². The van der Waals surface area contributed by atoms with E-state index in [1.165, 1.54) is 22.3 Å². The number of aliphatic hydroxyl groups is 1. The second-order valence-electron chi connectivity index (χ2n) is 8.58. The van der Waals surface area contributed by atoms with E-state index in [1.807, 2.05) is 18.2 Å². The fourth-order valence-electron chi connectivity index (χ4n) is 4.45. The zero-order valence-corrected chi connectivity index (χ0v) is 20.4. The van der Waals surface area contributed by atoms with E-state index in [-0.39, 0.29) is 17.1 Å². The number of pyridine rings is 1. The molecule has 5 rings (SSSR count). The summed E-state index contributed by atoms with van der Waals surface area (Å²) >= 11 is 0. The van der Waals surface area contributed by atoms with Gasteiger partial charge in [0.05, 0.1) is 17.7 Å². The number of rotatable bonds is 7. The molecule has 9 nitrogen and oxygen atoms in total. The summed E-state index contributed by atoms with van der Waals surface area (Å²) in [4.78, 5) is 8.97. The van der Waals surface area contributed by atoms with Gasteiger partial charge in [-0.3, -0.25) is 4.90 Å². The summed E-state index contributed by atoms with van der Waals surface area (Å²) in [7, 11) is -3.96. The molecule has 0 amide bonds. The van der Waals surface area contributed by atoms with Gasteiger partial charge < -0.3 is 15.3 Å². The van der Waals surface area contributed by atoms with Crippen LogP contribution < -0.4 is 10.2 Å². The summed E-state index contributed by atoms with van der Waals surface area (Å²) in [5, 5.41) is 22.4. The molecule has 0 saturated carbocycles. The Labute approximate surface area is 209 Å². The van der Waals surface area contributed by atoms with Gasteiger partial charge in [-0.25, -0.2) is 17.4 Å². The van der Waals surface area contributed by atoms with Crippen molar-refractivity contribution in [2.45, 2.75) is 4.90 Å². The molecule has 2 N–H and O–H groups in total. The van der Waals surface area contributed by atoms with Gasteiger partial charge in [0.15, 0.2) is 0 Å². The number of nitrogens with zero attached hydrogens (tertiary/aromatic N) is 5. The van der Waals surface area contributed by atoms with Crippen molar-refractivity contribution in [3.8, 4) is 6.07 Å². The largest absolute Gasteiger partial charge is 0.395 e. The number of hydrogen-bond acceptors (Lipinski definition) is 8. The van der Waals surface area contributed by atoms with Gasteiger partial charge in [0.1, 0.15) is 16.8 Å². The average Bonchev–Trinajstić information content (AvgIpc) is 3.34. The molecule has 4 aromatic rings. The summed E-state index contributed by atoms with van der Waals surface area (Å²) < 4.78 is 27.9. The van der Waals surface area contributed by atoms with Crippen molar-refractivity contribution in [1.82, 2.24) is 13.9 Å². The number of nitriles is 1. The molecule has 1 aliphatic rings. The van der Waals surface area contributed by atoms with Crippen molar-refractivity contribution in [2.75, 3.05) is 49.5 Å². The minimum atomic E-state index is -3.96. The first-order valence-corrected chi connectivity index (χ1v) is 13.1. The van der Waals surface area contributed by atoms with Gasteiger partial charge in [-0.1, -0.05) is 12.1 Å². The van der Waals surface area contributed by atoms with Gasteiger partial charge in [-0.2, -0.15) is 5.26 Å². The Kier molecular flexibility index (Phi) is 6.61. The number of β-amino-alcohol motifs (C(OH)–C–C–N with tert-alkyl or cyclic N) is 1. The summed E-state index contributed by atoms with van der Waals surface area (Å²) in [5.41, 5.74) is 2.53. The van der Waals surface area contributed by atoms with Crippen LogP contribution in [0.2, 0.25) is 0 Å². The van der Waals surface area contributed by atoms with Gasteiger partial charge in [0.2, 0.25) is 0 Å². The zero-order valence-electron chi connectivity index (χ0n) is 19.6. The van der Waals surface area contributed by atoms with Crippen LogP contribution >= 0.6 is 0 Å². The number of nitrogens with one attached hydrogen (secondary N) is 1. The number of aromatic nitrogens is 2. The first-order valence-electron chi connectivity index (χ1n) is 11.7. The number of piperazine rings is 1. The molecule has 36 heavy (non-hydrogen) atoms. The third-order valence-corrected chi connectivity index (χ3v) is 8.12. The highest BCUT2D eigenvalue weighted by atomic mass is 32.2. The van der Waals surface area contributed by atoms with Gasteiger partial charge in [0.25, 0.3) is 10.0 Å². The average molecular weight is 503 g/mol. The van der Waals surface area contributed by atoms with Crippen LogP contribution in [-0.2, 0) is 10.0 Å². The molecule has 0 radical (unpaired) electrons. The summed E-state index contributed by atoms with van der Waals surface area (Å²) in [6.45, 7) is 4.56. The number of aliphatic hydroxyl groups excluding tert-OH is 1. The lowest BCUT2D eigenvalue weighted by Gasteiger charge is -2.35. The Hall–Kier alpha value is -3.91. The van der Waals surface area contributed by atoms with Crippen LogP contribution in [-0.4, -0.2) is 66.7 Å². The van der Waals surface area contributed by atoms with E-state index in [2.05, 4.69) is 32.2 Å². The molecular formula is C26H26N6O3S. The molecule has 0 bridgehead atoms. The van der Waals surface area contributed by atoms with Crippen molar-refractivity contribution < 1.29 is 13.5 Å². The zero-order chi connectivity index (χ0) is 25.1. The van der Waals surface area contributed by atoms with Crippen LogP contribution in [0.3, 0.4) is 0 Å². The van der Waals surface area contributed by atoms with Gasteiger partial charge in [-0.05, 0) is 42.5 Å². The van der Waals surface area contributed by atoms with Crippen molar-refractivity contribution in [2.24, 2.45) is 0 Å². The molecule has 1 aliphatic heterocycles. The molecule has 1 fully saturated rings. The first-order chi connectivity index (χ1) is 17.5. The Morgan fingerprint density at radius 1 is 1.03 bits per heavy atom. The molecule has 2 aromatic heterocycles. The van der Waals surface area contributed by atoms with E-state index < -0.39 is 10.0 Å². The maximum atomic E-state index is 13.4. The maximum Gasteiger partial charge on any atom is 0.269 e. The molecule has 0 atom stereocenters. The van der Waals surface area contributed by atoms with Crippen molar-refractivity contribution >= 4 is 38.1 Å². The van der Waals surface area contributed by atoms with E-state index in [0.717, 1.165) is 37.6 Å². The van der Waals surface area contributed by atoms with E-state index in [0.29, 0.717) is 23.3 Å². The molecule has 0 spiro atoms. The molecule has 0 unspecified atom stereocenters. The molecular weight excluding hydrogens is 476 g/mol. The van der Waals surface area contributed by atoms with E-state index in [4.69, 9.17) is 5.11 Å². The third-order valence-electron chi connectivity index (χ3n) is 6.38. The molecule has 1 saturated heterocycles. The molecule has 2 aromatic carbocycles. The lowest BCUT2D eigenvalue weighted by Crippen LogP contribution is -2.47. The quantitative estimate of drug-likeness (QED) is 0.396. The Bertz CT molecular complexity index is 1520. The highest BCUT2D eigenvalue weighted by Gasteiger charge is 2.22. The number of hydrogen-bond donors (Lipinski definition) is 2. The molecule has 184 valence electrons. The number of benzene rings is 2. The Morgan fingerprint density at radius 3 is 2.50 bits per heavy atom. The third kappa shape index (κ3) is 4.64. The lowest BCUT2D eigenvalue weighted by atomic mass is 10.2. The summed E-state index contributed by atoms with van der Waals surface area (Å²) in [5.74, 6) is 0.511. The van der Waals surface area contributed by atoms with Crippen molar-refractivity contribution in [3.63, 3.8) is 0 Å². The smallest absolute Gasteiger partial charge is 0.269 e. The Morgan fingerprint density at radius 2 is 1.78 bits per heavy atom. The second-order valence-corrected chi connectivity index (χ2v) is 10.4. The predicted octanol–water partition coefficient (Wildman–Crippen LogP) is 3.00. The molecule has 0 aliphatic carbocycles. The van der Waals surface area contributed by atoms with Crippen LogP contribution in [0.4, 0.5) is 17.2 Å². The topological polar surface area (TPSA) is 114 Å². The standard InChI is InChI=1S/C26H26N6O3S/c27-18-20-3-1-2-4-25(20)36(34,35)32-10-9-21-19-28-26(17-24(21)32)29-22-5-7-23(8-6-22)31-13-11-30(12-14-31)15-16-33/h1-10,17,19,33H,11-16H2,(H,28,29). The van der Waals surface area contributed by atoms with Crippen molar-refractivity contribution in [3.05, 3.63) is 78.6 Å². The van der Waals surface area contributed by atoms with Gasteiger partial charge >= 0.3 is 0 Å². The Balaban J connectivity index is 1.36. The SMILES string of the molecule is N#Cc1ccccc1S(=O)(=O)n1ccc2cnc(Nc3ccc(N4CCN(CCO)CC4)cc3)cc21. The predicted molar refractivity (Wildman–Crippen MR) is 139 cm³/mol. The fourth-order valence-corrected chi connectivity index (χ4v) is 5.94. The normalized spacial score (nSPS) is 14.6. The minimum absolute atomic E-state index is 0.0379. The number of fused-ring (bicyclic) bond motifs is 1. The van der Waals surface area contributed by atoms with Gasteiger partial charge in [0, 0.05) is 67.9 Å². The molecule has 10 heteroatoms. The second kappa shape index (κ2) is 9.99. The van der Waals surface area contributed by atoms with Crippen LogP contribution in [0.25, 0.3) is 10.9 Å². The first kappa shape index (κ1) is 23.8. The van der Waals surface area contributed by atoms with Crippen molar-refractivity contribution in [1.29, 1.82) is 5.26 Å². The maximum absolute atomic E-state index is 13.4. The fraction of sp³-hybridized carbons (Fsp3) is 0.231. The van der Waals surface area contributed by atoms with Gasteiger partial charge in [-0.15, -0.1) is 0 Å². The highest BCUT2D eigenvalue weighted by Crippen LogP contribution is 2.27. The summed E-state index contributed by atoms with van der Waals surface area (Å²) in [6, 6.07) is 19.6. The monoisotopic (exact) mass is 502 g/mol. The van der Waals surface area contributed by atoms with Crippen LogP contribution in [0.15, 0.2) is 78.0 Å².